The van der Waals surface area contributed by atoms with Crippen molar-refractivity contribution >= 4 is 23.3 Å². The summed E-state index contributed by atoms with van der Waals surface area (Å²) in [6.07, 6.45) is 7.69. The number of rotatable bonds is 2. The molecule has 31 heavy (non-hydrogen) atoms. The molecule has 1 aromatic carbocycles. The maximum atomic E-state index is 13.3. The first-order chi connectivity index (χ1) is 15.0. The zero-order chi connectivity index (χ0) is 21.5. The molecule has 3 atom stereocenters. The van der Waals surface area contributed by atoms with Gasteiger partial charge >= 0.3 is 0 Å². The molecular formula is C23H28ClN5O2. The standard InChI is InChI=1S/C23H28ClN5O2/c1-15-13-29-21(25-22(15)27-11-9-16(30)14-27)12-19(26-29)20-8-4-5-10-28(20)23(31)17-6-2-3-7-18(17)24/h2-3,6-7,12-13,16,19-20,26,30H,4-5,8-11,14H2,1H3/t16-,19?,20?/m1/s1. The van der Waals surface area contributed by atoms with Gasteiger partial charge in [0.15, 0.2) is 0 Å². The largest absolute Gasteiger partial charge is 0.391 e. The first-order valence-corrected chi connectivity index (χ1v) is 11.4. The van der Waals surface area contributed by atoms with Gasteiger partial charge in [-0.05, 0) is 50.8 Å². The van der Waals surface area contributed by atoms with Crippen LogP contribution in [0.15, 0.2) is 52.9 Å². The normalized spacial score (nSPS) is 28.3. The summed E-state index contributed by atoms with van der Waals surface area (Å²) in [5, 5.41) is 12.4. The van der Waals surface area contributed by atoms with Crippen molar-refractivity contribution < 1.29 is 9.90 Å². The minimum absolute atomic E-state index is 0.0117. The van der Waals surface area contributed by atoms with Crippen LogP contribution in [0.2, 0.25) is 5.02 Å². The zero-order valence-electron chi connectivity index (χ0n) is 17.7. The molecule has 164 valence electrons. The highest BCUT2D eigenvalue weighted by atomic mass is 35.5. The molecule has 1 amide bonds. The summed E-state index contributed by atoms with van der Waals surface area (Å²) >= 11 is 6.32. The van der Waals surface area contributed by atoms with Crippen LogP contribution >= 0.6 is 11.6 Å². The summed E-state index contributed by atoms with van der Waals surface area (Å²) in [5.74, 6) is 1.76. The van der Waals surface area contributed by atoms with Crippen LogP contribution in [0.25, 0.3) is 0 Å². The molecule has 0 saturated carbocycles. The fourth-order valence-corrected chi connectivity index (χ4v) is 5.19. The van der Waals surface area contributed by atoms with Crippen molar-refractivity contribution in [1.29, 1.82) is 0 Å². The van der Waals surface area contributed by atoms with Crippen LogP contribution in [0.4, 0.5) is 0 Å². The van der Waals surface area contributed by atoms with Crippen LogP contribution in [-0.2, 0) is 0 Å². The van der Waals surface area contributed by atoms with Gasteiger partial charge < -0.3 is 14.9 Å². The van der Waals surface area contributed by atoms with Crippen LogP contribution in [0.1, 0.15) is 43.0 Å². The monoisotopic (exact) mass is 441 g/mol. The van der Waals surface area contributed by atoms with E-state index in [9.17, 15) is 9.90 Å². The number of carbonyl (C=O) groups is 1. The van der Waals surface area contributed by atoms with Gasteiger partial charge in [0.05, 0.1) is 28.8 Å². The second-order valence-electron chi connectivity index (χ2n) is 8.73. The van der Waals surface area contributed by atoms with Gasteiger partial charge in [-0.3, -0.25) is 9.80 Å². The molecule has 5 rings (SSSR count). The van der Waals surface area contributed by atoms with E-state index in [0.29, 0.717) is 17.1 Å². The molecule has 0 aliphatic carbocycles. The average Bonchev–Trinajstić information content (AvgIpc) is 3.38. The molecule has 4 heterocycles. The van der Waals surface area contributed by atoms with Crippen LogP contribution in [0.3, 0.4) is 0 Å². The van der Waals surface area contributed by atoms with Gasteiger partial charge in [0.25, 0.3) is 5.91 Å². The number of hydrazine groups is 1. The molecule has 0 aromatic heterocycles. The first-order valence-electron chi connectivity index (χ1n) is 11.0. The van der Waals surface area contributed by atoms with Gasteiger partial charge in [-0.15, -0.1) is 0 Å². The third kappa shape index (κ3) is 3.86. The summed E-state index contributed by atoms with van der Waals surface area (Å²) in [5.41, 5.74) is 5.15. The number of halogens is 1. The molecule has 7 nitrogen and oxygen atoms in total. The van der Waals surface area contributed by atoms with Crippen molar-refractivity contribution in [2.45, 2.75) is 50.8 Å². The number of aliphatic hydroxyl groups is 1. The number of hydrogen-bond acceptors (Lipinski definition) is 6. The maximum absolute atomic E-state index is 13.3. The van der Waals surface area contributed by atoms with Gasteiger partial charge in [0.1, 0.15) is 11.7 Å². The molecule has 2 N–H and O–H groups in total. The number of nitrogens with one attached hydrogen (secondary N) is 1. The Morgan fingerprint density at radius 2 is 2.06 bits per heavy atom. The Morgan fingerprint density at radius 1 is 1.23 bits per heavy atom. The Morgan fingerprint density at radius 3 is 2.84 bits per heavy atom. The zero-order valence-corrected chi connectivity index (χ0v) is 18.4. The highest BCUT2D eigenvalue weighted by Gasteiger charge is 2.38. The van der Waals surface area contributed by atoms with Gasteiger partial charge in [0, 0.05) is 31.4 Å². The third-order valence-corrected chi connectivity index (χ3v) is 6.88. The number of fused-ring (bicyclic) bond motifs is 1. The molecule has 4 aliphatic rings. The van der Waals surface area contributed by atoms with E-state index in [1.165, 1.54) is 0 Å². The second kappa shape index (κ2) is 8.30. The number of likely N-dealkylation sites (tertiary alicyclic amines) is 2. The fraction of sp³-hybridized carbons (Fsp3) is 0.478. The lowest BCUT2D eigenvalue weighted by Crippen LogP contribution is -2.54. The smallest absolute Gasteiger partial charge is 0.255 e. The Kier molecular flexibility index (Phi) is 5.50. The van der Waals surface area contributed by atoms with E-state index >= 15 is 0 Å². The molecule has 4 aliphatic heterocycles. The minimum Gasteiger partial charge on any atom is -0.391 e. The number of benzene rings is 1. The van der Waals surface area contributed by atoms with Crippen molar-refractivity contribution in [3.05, 3.63) is 58.5 Å². The highest BCUT2D eigenvalue weighted by Crippen LogP contribution is 2.30. The third-order valence-electron chi connectivity index (χ3n) is 6.55. The van der Waals surface area contributed by atoms with E-state index in [1.807, 2.05) is 29.0 Å². The van der Waals surface area contributed by atoms with Crippen LogP contribution in [0.5, 0.6) is 0 Å². The molecule has 2 unspecified atom stereocenters. The fourth-order valence-electron chi connectivity index (χ4n) is 4.97. The van der Waals surface area contributed by atoms with Crippen LogP contribution < -0.4 is 5.43 Å². The Bertz CT molecular complexity index is 974. The van der Waals surface area contributed by atoms with Gasteiger partial charge in [-0.25, -0.2) is 10.4 Å². The van der Waals surface area contributed by atoms with Crippen molar-refractivity contribution in [2.75, 3.05) is 19.6 Å². The topological polar surface area (TPSA) is 71.4 Å². The number of aliphatic hydroxyl groups excluding tert-OH is 1. The van der Waals surface area contributed by atoms with E-state index in [-0.39, 0.29) is 24.1 Å². The lowest BCUT2D eigenvalue weighted by Gasteiger charge is -2.39. The first kappa shape index (κ1) is 20.5. The molecule has 0 spiro atoms. The highest BCUT2D eigenvalue weighted by molar-refractivity contribution is 6.33. The maximum Gasteiger partial charge on any atom is 0.255 e. The van der Waals surface area contributed by atoms with E-state index in [2.05, 4.69) is 22.6 Å². The van der Waals surface area contributed by atoms with Gasteiger partial charge in [0.2, 0.25) is 0 Å². The lowest BCUT2D eigenvalue weighted by atomic mass is 9.95. The Hall–Kier alpha value is -2.35. The summed E-state index contributed by atoms with van der Waals surface area (Å²) in [6.45, 7) is 4.21. The van der Waals surface area contributed by atoms with Gasteiger partial charge in [-0.2, -0.15) is 0 Å². The Balaban J connectivity index is 1.39. The van der Waals surface area contributed by atoms with Crippen molar-refractivity contribution in [1.82, 2.24) is 20.2 Å². The number of amides is 1. The van der Waals surface area contributed by atoms with Crippen LogP contribution in [-0.4, -0.2) is 69.5 Å². The van der Waals surface area contributed by atoms with Crippen molar-refractivity contribution in [2.24, 2.45) is 4.99 Å². The van der Waals surface area contributed by atoms with Crippen molar-refractivity contribution in [3.8, 4) is 0 Å². The lowest BCUT2D eigenvalue weighted by molar-refractivity contribution is 0.0561. The number of amidine groups is 1. The SMILES string of the molecule is CC1=CN2NC(C3CCCCN3C(=O)c3ccccc3Cl)C=C2N=C1N1CC[C@@H](O)C1. The summed E-state index contributed by atoms with van der Waals surface area (Å²) in [4.78, 5) is 22.3. The molecule has 2 saturated heterocycles. The number of carbonyl (C=O) groups excluding carboxylic acids is 1. The molecule has 0 radical (unpaired) electrons. The summed E-state index contributed by atoms with van der Waals surface area (Å²) < 4.78 is 0. The van der Waals surface area contributed by atoms with Crippen LogP contribution in [0, 0.1) is 0 Å². The molecule has 0 bridgehead atoms. The number of hydrogen-bond donors (Lipinski definition) is 2. The molecular weight excluding hydrogens is 414 g/mol. The van der Waals surface area contributed by atoms with E-state index in [4.69, 9.17) is 16.6 Å². The minimum atomic E-state index is -0.288. The summed E-state index contributed by atoms with van der Waals surface area (Å²) in [7, 11) is 0. The molecule has 2 fully saturated rings. The quantitative estimate of drug-likeness (QED) is 0.738. The van der Waals surface area contributed by atoms with E-state index in [1.54, 1.807) is 12.1 Å². The molecule has 1 aromatic rings. The van der Waals surface area contributed by atoms with E-state index < -0.39 is 0 Å². The Labute approximate surface area is 187 Å². The predicted molar refractivity (Wildman–Crippen MR) is 120 cm³/mol. The molecule has 8 heteroatoms. The van der Waals surface area contributed by atoms with Crippen molar-refractivity contribution in [3.63, 3.8) is 0 Å². The number of nitrogens with zero attached hydrogens (tertiary/aromatic N) is 4. The number of β-amino-alcohol motifs (C(OH)–C–C–N with tert-alkyl or cyclic N) is 1. The van der Waals surface area contributed by atoms with Gasteiger partial charge in [-0.1, -0.05) is 23.7 Å². The number of piperidine rings is 1. The average molecular weight is 442 g/mol. The van der Waals surface area contributed by atoms with E-state index in [0.717, 1.165) is 56.0 Å². The number of aliphatic imine (C=N–C) groups is 1. The summed E-state index contributed by atoms with van der Waals surface area (Å²) in [6, 6.07) is 7.29. The second-order valence-corrected chi connectivity index (χ2v) is 9.13. The predicted octanol–water partition coefficient (Wildman–Crippen LogP) is 2.75.